The second kappa shape index (κ2) is 5.39. The van der Waals surface area contributed by atoms with Crippen LogP contribution >= 0.6 is 0 Å². The molecule has 1 aromatic rings. The fourth-order valence-corrected chi connectivity index (χ4v) is 3.15. The number of nitrogens with zero attached hydrogens (tertiary/aromatic N) is 1. The highest BCUT2D eigenvalue weighted by molar-refractivity contribution is 5.45. The largest absolute Gasteiger partial charge is 0.454 e. The van der Waals surface area contributed by atoms with Crippen molar-refractivity contribution in [1.82, 2.24) is 4.90 Å². The topological polar surface area (TPSA) is 47.7 Å². The molecule has 2 heterocycles. The van der Waals surface area contributed by atoms with E-state index in [4.69, 9.17) is 15.2 Å². The maximum absolute atomic E-state index is 5.91. The van der Waals surface area contributed by atoms with Crippen LogP contribution in [0.25, 0.3) is 0 Å². The molecule has 1 aromatic carbocycles. The number of rotatable bonds is 3. The van der Waals surface area contributed by atoms with E-state index in [1.54, 1.807) is 0 Å². The Bertz CT molecular complexity index is 450. The Balaban J connectivity index is 1.80. The highest BCUT2D eigenvalue weighted by atomic mass is 16.7. The van der Waals surface area contributed by atoms with Crippen molar-refractivity contribution >= 4 is 0 Å². The van der Waals surface area contributed by atoms with Crippen molar-refractivity contribution in [3.05, 3.63) is 23.8 Å². The van der Waals surface area contributed by atoms with Crippen LogP contribution in [0.15, 0.2) is 18.2 Å². The number of benzene rings is 1. The number of piperidine rings is 1. The van der Waals surface area contributed by atoms with E-state index in [2.05, 4.69) is 24.0 Å². The lowest BCUT2D eigenvalue weighted by atomic mass is 9.97. The first-order valence-corrected chi connectivity index (χ1v) is 7.15. The molecular formula is C15H22N2O2. The Hall–Kier alpha value is -1.26. The predicted octanol–water partition coefficient (Wildman–Crippen LogP) is 2.29. The molecule has 0 bridgehead atoms. The van der Waals surface area contributed by atoms with Crippen molar-refractivity contribution in [3.8, 4) is 11.5 Å². The summed E-state index contributed by atoms with van der Waals surface area (Å²) in [4.78, 5) is 2.53. The Kier molecular flexibility index (Phi) is 3.62. The van der Waals surface area contributed by atoms with Gasteiger partial charge in [0.05, 0.1) is 0 Å². The minimum atomic E-state index is 0.336. The van der Waals surface area contributed by atoms with Crippen molar-refractivity contribution in [3.63, 3.8) is 0 Å². The zero-order valence-corrected chi connectivity index (χ0v) is 11.5. The van der Waals surface area contributed by atoms with E-state index in [1.165, 1.54) is 24.8 Å². The fraction of sp³-hybridized carbons (Fsp3) is 0.600. The van der Waals surface area contributed by atoms with E-state index in [9.17, 15) is 0 Å². The summed E-state index contributed by atoms with van der Waals surface area (Å²) in [5, 5.41) is 0. The van der Waals surface area contributed by atoms with Gasteiger partial charge in [0.15, 0.2) is 11.5 Å². The standard InChI is InChI=1S/C15H22N2O2/c1-11(17-7-3-2-4-13(17)9-16)12-5-6-14-15(8-12)19-10-18-14/h5-6,8,11,13H,2-4,7,9-10,16H2,1H3. The number of hydrogen-bond acceptors (Lipinski definition) is 4. The lowest BCUT2D eigenvalue weighted by Gasteiger charge is -2.39. The van der Waals surface area contributed by atoms with Gasteiger partial charge in [-0.2, -0.15) is 0 Å². The normalized spacial score (nSPS) is 24.4. The zero-order chi connectivity index (χ0) is 13.2. The van der Waals surface area contributed by atoms with Crippen LogP contribution in [0.1, 0.15) is 37.8 Å². The molecule has 1 fully saturated rings. The van der Waals surface area contributed by atoms with Crippen LogP contribution in [0.2, 0.25) is 0 Å². The lowest BCUT2D eigenvalue weighted by Crippen LogP contribution is -2.45. The van der Waals surface area contributed by atoms with Crippen molar-refractivity contribution in [2.24, 2.45) is 5.73 Å². The van der Waals surface area contributed by atoms with Crippen molar-refractivity contribution in [1.29, 1.82) is 0 Å². The Morgan fingerprint density at radius 2 is 2.16 bits per heavy atom. The molecule has 1 saturated heterocycles. The van der Waals surface area contributed by atoms with Crippen LogP contribution in [-0.2, 0) is 0 Å². The highest BCUT2D eigenvalue weighted by Gasteiger charge is 2.27. The van der Waals surface area contributed by atoms with Crippen molar-refractivity contribution in [2.45, 2.75) is 38.3 Å². The molecule has 2 atom stereocenters. The van der Waals surface area contributed by atoms with Gasteiger partial charge < -0.3 is 15.2 Å². The monoisotopic (exact) mass is 262 g/mol. The lowest BCUT2D eigenvalue weighted by molar-refractivity contribution is 0.108. The summed E-state index contributed by atoms with van der Waals surface area (Å²) in [6.07, 6.45) is 3.78. The van der Waals surface area contributed by atoms with Gasteiger partial charge in [0, 0.05) is 18.6 Å². The molecule has 2 aliphatic rings. The van der Waals surface area contributed by atoms with Crippen molar-refractivity contribution < 1.29 is 9.47 Å². The number of ether oxygens (including phenoxy) is 2. The summed E-state index contributed by atoms with van der Waals surface area (Å²) in [7, 11) is 0. The van der Waals surface area contributed by atoms with Crippen LogP contribution in [0, 0.1) is 0 Å². The van der Waals surface area contributed by atoms with Crippen molar-refractivity contribution in [2.75, 3.05) is 19.9 Å². The van der Waals surface area contributed by atoms with E-state index in [1.807, 2.05) is 6.07 Å². The molecule has 0 amide bonds. The number of likely N-dealkylation sites (tertiary alicyclic amines) is 1. The van der Waals surface area contributed by atoms with Gasteiger partial charge in [-0.3, -0.25) is 4.90 Å². The Labute approximate surface area is 114 Å². The first kappa shape index (κ1) is 12.8. The first-order chi connectivity index (χ1) is 9.29. The van der Waals surface area contributed by atoms with Gasteiger partial charge in [0.25, 0.3) is 0 Å². The van der Waals surface area contributed by atoms with E-state index < -0.39 is 0 Å². The Morgan fingerprint density at radius 3 is 3.00 bits per heavy atom. The third-order valence-corrected chi connectivity index (χ3v) is 4.32. The van der Waals surface area contributed by atoms with Gasteiger partial charge in [0.1, 0.15) is 0 Å². The molecule has 3 rings (SSSR count). The summed E-state index contributed by atoms with van der Waals surface area (Å²) >= 11 is 0. The zero-order valence-electron chi connectivity index (χ0n) is 11.5. The molecule has 2 N–H and O–H groups in total. The molecule has 4 nitrogen and oxygen atoms in total. The van der Waals surface area contributed by atoms with Gasteiger partial charge in [-0.15, -0.1) is 0 Å². The third-order valence-electron chi connectivity index (χ3n) is 4.32. The Morgan fingerprint density at radius 1 is 1.32 bits per heavy atom. The smallest absolute Gasteiger partial charge is 0.231 e. The van der Waals surface area contributed by atoms with Crippen LogP contribution in [0.3, 0.4) is 0 Å². The van der Waals surface area contributed by atoms with Gasteiger partial charge >= 0.3 is 0 Å². The van der Waals surface area contributed by atoms with E-state index in [0.717, 1.165) is 24.6 Å². The van der Waals surface area contributed by atoms with Gasteiger partial charge in [-0.25, -0.2) is 0 Å². The van der Waals surface area contributed by atoms with Crippen LogP contribution in [0.5, 0.6) is 11.5 Å². The molecule has 4 heteroatoms. The molecule has 2 aliphatic heterocycles. The van der Waals surface area contributed by atoms with Gasteiger partial charge in [-0.1, -0.05) is 12.5 Å². The maximum atomic E-state index is 5.91. The molecular weight excluding hydrogens is 240 g/mol. The SMILES string of the molecule is CC(c1ccc2c(c1)OCO2)N1CCCCC1CN. The van der Waals surface area contributed by atoms with Gasteiger partial charge in [0.2, 0.25) is 6.79 Å². The summed E-state index contributed by atoms with van der Waals surface area (Å²) in [5.41, 5.74) is 7.20. The summed E-state index contributed by atoms with van der Waals surface area (Å²) in [6, 6.07) is 7.14. The second-order valence-electron chi connectivity index (χ2n) is 5.41. The van der Waals surface area contributed by atoms with E-state index in [0.29, 0.717) is 18.9 Å². The van der Waals surface area contributed by atoms with Crippen LogP contribution in [-0.4, -0.2) is 30.8 Å². The predicted molar refractivity (Wildman–Crippen MR) is 74.4 cm³/mol. The minimum Gasteiger partial charge on any atom is -0.454 e. The summed E-state index contributed by atoms with van der Waals surface area (Å²) in [5.74, 6) is 1.72. The second-order valence-corrected chi connectivity index (χ2v) is 5.41. The fourth-order valence-electron chi connectivity index (χ4n) is 3.15. The van der Waals surface area contributed by atoms with Crippen LogP contribution < -0.4 is 15.2 Å². The molecule has 0 aliphatic carbocycles. The minimum absolute atomic E-state index is 0.336. The third kappa shape index (κ3) is 2.42. The quantitative estimate of drug-likeness (QED) is 0.908. The first-order valence-electron chi connectivity index (χ1n) is 7.15. The number of nitrogens with two attached hydrogens (primary N) is 1. The number of hydrogen-bond donors (Lipinski definition) is 1. The maximum Gasteiger partial charge on any atom is 0.231 e. The number of fused-ring (bicyclic) bond motifs is 1. The van der Waals surface area contributed by atoms with Crippen LogP contribution in [0.4, 0.5) is 0 Å². The molecule has 0 radical (unpaired) electrons. The molecule has 0 saturated carbocycles. The van der Waals surface area contributed by atoms with Gasteiger partial charge in [-0.05, 0) is 44.0 Å². The molecule has 0 spiro atoms. The molecule has 19 heavy (non-hydrogen) atoms. The van der Waals surface area contributed by atoms with E-state index in [-0.39, 0.29) is 0 Å². The summed E-state index contributed by atoms with van der Waals surface area (Å²) < 4.78 is 10.8. The average molecular weight is 262 g/mol. The molecule has 104 valence electrons. The highest BCUT2D eigenvalue weighted by Crippen LogP contribution is 2.36. The summed E-state index contributed by atoms with van der Waals surface area (Å²) in [6.45, 7) is 4.47. The molecule has 2 unspecified atom stereocenters. The molecule has 0 aromatic heterocycles. The van der Waals surface area contributed by atoms with E-state index >= 15 is 0 Å². The average Bonchev–Trinajstić information content (AvgIpc) is 2.93.